The average Bonchev–Trinajstić information content (AvgIpc) is 2.57. The molecule has 6 saturated carbocycles. The molecule has 141 valence electrons. The van der Waals surface area contributed by atoms with Crippen molar-refractivity contribution in [3.63, 3.8) is 0 Å². The van der Waals surface area contributed by atoms with Crippen LogP contribution in [0.3, 0.4) is 0 Å². The molecule has 4 bridgehead atoms. The van der Waals surface area contributed by atoms with Crippen LogP contribution in [-0.2, 0) is 0 Å². The third-order valence-electron chi connectivity index (χ3n) is 10.1. The van der Waals surface area contributed by atoms with E-state index in [1.54, 1.807) is 12.8 Å². The molecular formula is C24H42B. The van der Waals surface area contributed by atoms with Gasteiger partial charge >= 0.3 is 0 Å². The lowest BCUT2D eigenvalue weighted by Crippen LogP contribution is -2.57. The molecule has 0 nitrogen and oxygen atoms in total. The van der Waals surface area contributed by atoms with E-state index >= 15 is 0 Å². The summed E-state index contributed by atoms with van der Waals surface area (Å²) in [6, 6.07) is 0. The molecule has 0 aliphatic heterocycles. The molecule has 0 spiro atoms. The zero-order valence-electron chi connectivity index (χ0n) is 17.9. The Morgan fingerprint density at radius 3 is 1.40 bits per heavy atom. The monoisotopic (exact) mass is 341 g/mol. The minimum atomic E-state index is 0.643. The summed E-state index contributed by atoms with van der Waals surface area (Å²) in [6.45, 7) is 15.1. The van der Waals surface area contributed by atoms with Gasteiger partial charge in [-0.2, -0.15) is 0 Å². The third-order valence-corrected chi connectivity index (χ3v) is 10.1. The summed E-state index contributed by atoms with van der Waals surface area (Å²) in [7, 11) is 2.96. The summed E-state index contributed by atoms with van der Waals surface area (Å²) in [4.78, 5) is 0. The van der Waals surface area contributed by atoms with E-state index in [1.807, 2.05) is 0 Å². The van der Waals surface area contributed by atoms with E-state index in [0.29, 0.717) is 10.8 Å². The van der Waals surface area contributed by atoms with Gasteiger partial charge in [0.2, 0.25) is 0 Å². The van der Waals surface area contributed by atoms with Gasteiger partial charge in [0.1, 0.15) is 7.28 Å². The SMILES string of the molecule is CCC[C@H]1[C@H]([B][C@@H]2C[C@@H]3C[C@H]([C@H]2CCC)C3(C)C)C[C@@H]2C[C@H]1C2(C)C. The summed E-state index contributed by atoms with van der Waals surface area (Å²) in [5, 5.41) is 0. The van der Waals surface area contributed by atoms with Crippen molar-refractivity contribution in [3.8, 4) is 0 Å². The van der Waals surface area contributed by atoms with Crippen molar-refractivity contribution in [2.24, 2.45) is 46.3 Å². The molecule has 0 saturated heterocycles. The van der Waals surface area contributed by atoms with Gasteiger partial charge in [-0.15, -0.1) is 0 Å². The molecule has 0 amide bonds. The molecule has 6 rings (SSSR count). The van der Waals surface area contributed by atoms with Crippen LogP contribution in [0.25, 0.3) is 0 Å². The van der Waals surface area contributed by atoms with Crippen molar-refractivity contribution in [1.29, 1.82) is 0 Å². The van der Waals surface area contributed by atoms with Crippen LogP contribution in [0.1, 0.15) is 92.9 Å². The highest BCUT2D eigenvalue weighted by Crippen LogP contribution is 2.69. The van der Waals surface area contributed by atoms with E-state index in [1.165, 1.54) is 38.5 Å². The smallest absolute Gasteiger partial charge is 0.0654 e. The largest absolute Gasteiger partial charge is 0.118 e. The Bertz CT molecular complexity index is 448. The summed E-state index contributed by atoms with van der Waals surface area (Å²) < 4.78 is 0. The van der Waals surface area contributed by atoms with Crippen LogP contribution in [0, 0.1) is 46.3 Å². The number of hydrogen-bond acceptors (Lipinski definition) is 0. The van der Waals surface area contributed by atoms with E-state index < -0.39 is 0 Å². The second-order valence-electron chi connectivity index (χ2n) is 11.6. The first-order valence-electron chi connectivity index (χ1n) is 11.7. The van der Waals surface area contributed by atoms with Crippen molar-refractivity contribution in [2.75, 3.05) is 0 Å². The highest BCUT2D eigenvalue weighted by atomic mass is 14.6. The van der Waals surface area contributed by atoms with Gasteiger partial charge in [-0.25, -0.2) is 0 Å². The summed E-state index contributed by atoms with van der Waals surface area (Å²) >= 11 is 0. The first-order valence-corrected chi connectivity index (χ1v) is 11.7. The van der Waals surface area contributed by atoms with Gasteiger partial charge in [-0.1, -0.05) is 91.7 Å². The van der Waals surface area contributed by atoms with E-state index in [9.17, 15) is 0 Å². The Kier molecular flexibility index (Phi) is 4.65. The van der Waals surface area contributed by atoms with Crippen LogP contribution in [-0.4, -0.2) is 7.28 Å². The molecule has 0 unspecified atom stereocenters. The van der Waals surface area contributed by atoms with Crippen molar-refractivity contribution < 1.29 is 0 Å². The molecule has 0 N–H and O–H groups in total. The molecule has 6 aliphatic carbocycles. The van der Waals surface area contributed by atoms with E-state index in [-0.39, 0.29) is 0 Å². The molecule has 0 heterocycles. The standard InChI is InChI=1S/C24H42B/c1-7-9-17-19-11-15(23(19,3)4)13-21(17)25-22-14-16-12-20(24(16,5)6)18(22)10-8-2/h15-22H,7-14H2,1-6H3/t15-,16-,17+,18+,19+,20+,21+,22+/m0/s1. The Morgan fingerprint density at radius 1 is 0.680 bits per heavy atom. The fourth-order valence-electron chi connectivity index (χ4n) is 8.23. The lowest BCUT2D eigenvalue weighted by Gasteiger charge is -2.66. The molecule has 6 aliphatic rings. The molecule has 0 aromatic carbocycles. The zero-order chi connectivity index (χ0) is 18.0. The van der Waals surface area contributed by atoms with Gasteiger partial charge in [0.05, 0.1) is 0 Å². The van der Waals surface area contributed by atoms with Crippen LogP contribution < -0.4 is 0 Å². The maximum Gasteiger partial charge on any atom is 0.118 e. The molecular weight excluding hydrogens is 299 g/mol. The van der Waals surface area contributed by atoms with Crippen molar-refractivity contribution >= 4 is 7.28 Å². The van der Waals surface area contributed by atoms with Crippen LogP contribution in [0.5, 0.6) is 0 Å². The average molecular weight is 341 g/mol. The van der Waals surface area contributed by atoms with Crippen molar-refractivity contribution in [1.82, 2.24) is 0 Å². The number of hydrogen-bond donors (Lipinski definition) is 0. The predicted octanol–water partition coefficient (Wildman–Crippen LogP) is 7.23. The lowest BCUT2D eigenvalue weighted by atomic mass is 9.30. The van der Waals surface area contributed by atoms with Gasteiger partial charge in [0.15, 0.2) is 0 Å². The highest BCUT2D eigenvalue weighted by molar-refractivity contribution is 6.40. The van der Waals surface area contributed by atoms with Gasteiger partial charge in [0.25, 0.3) is 0 Å². The molecule has 1 heteroatoms. The molecule has 0 aromatic heterocycles. The summed E-state index contributed by atoms with van der Waals surface area (Å²) in [5.41, 5.74) is 1.29. The Labute approximate surface area is 158 Å². The van der Waals surface area contributed by atoms with Gasteiger partial charge < -0.3 is 0 Å². The van der Waals surface area contributed by atoms with Crippen LogP contribution in [0.4, 0.5) is 0 Å². The first kappa shape index (κ1) is 18.4. The van der Waals surface area contributed by atoms with Crippen molar-refractivity contribution in [2.45, 2.75) is 105 Å². The minimum Gasteiger partial charge on any atom is -0.0654 e. The number of rotatable bonds is 6. The minimum absolute atomic E-state index is 0.643. The second-order valence-corrected chi connectivity index (χ2v) is 11.6. The summed E-state index contributed by atoms with van der Waals surface area (Å²) in [5.74, 6) is 7.97. The Hall–Kier alpha value is 0.0649. The quantitative estimate of drug-likeness (QED) is 0.447. The second kappa shape index (κ2) is 6.30. The van der Waals surface area contributed by atoms with Gasteiger partial charge in [-0.05, 0) is 59.2 Å². The first-order chi connectivity index (χ1) is 11.8. The fraction of sp³-hybridized carbons (Fsp3) is 1.00. The molecule has 1 radical (unpaired) electrons. The Balaban J connectivity index is 1.47. The molecule has 0 aromatic rings. The third kappa shape index (κ3) is 2.68. The lowest BCUT2D eigenvalue weighted by molar-refractivity contribution is -0.114. The highest BCUT2D eigenvalue weighted by Gasteiger charge is 2.60. The van der Waals surface area contributed by atoms with Crippen molar-refractivity contribution in [3.05, 3.63) is 0 Å². The fourth-order valence-corrected chi connectivity index (χ4v) is 8.23. The van der Waals surface area contributed by atoms with Crippen LogP contribution in [0.15, 0.2) is 0 Å². The Morgan fingerprint density at radius 2 is 1.08 bits per heavy atom. The van der Waals surface area contributed by atoms with Crippen LogP contribution >= 0.6 is 0 Å². The normalized spacial score (nSPS) is 49.0. The van der Waals surface area contributed by atoms with E-state index in [4.69, 9.17) is 0 Å². The topological polar surface area (TPSA) is 0 Å². The number of fused-ring (bicyclic) bond motifs is 4. The van der Waals surface area contributed by atoms with Gasteiger partial charge in [0, 0.05) is 0 Å². The molecule has 25 heavy (non-hydrogen) atoms. The van der Waals surface area contributed by atoms with Gasteiger partial charge in [-0.3, -0.25) is 0 Å². The van der Waals surface area contributed by atoms with E-state index in [0.717, 1.165) is 47.1 Å². The zero-order valence-corrected chi connectivity index (χ0v) is 17.9. The predicted molar refractivity (Wildman–Crippen MR) is 110 cm³/mol. The maximum absolute atomic E-state index is 2.96. The molecule has 8 atom stereocenters. The molecule has 6 fully saturated rings. The van der Waals surface area contributed by atoms with Crippen LogP contribution in [0.2, 0.25) is 11.6 Å². The maximum atomic E-state index is 2.96. The summed E-state index contributed by atoms with van der Waals surface area (Å²) in [6.07, 6.45) is 11.8. The van der Waals surface area contributed by atoms with E-state index in [2.05, 4.69) is 48.8 Å².